The van der Waals surface area contributed by atoms with Gasteiger partial charge in [-0.15, -0.1) is 0 Å². The Labute approximate surface area is 163 Å². The maximum atomic E-state index is 12.1. The Morgan fingerprint density at radius 2 is 1.96 bits per heavy atom. The van der Waals surface area contributed by atoms with E-state index in [1.54, 1.807) is 12.1 Å². The van der Waals surface area contributed by atoms with Crippen molar-refractivity contribution < 1.29 is 22.8 Å². The number of aliphatic carboxylic acids is 1. The Morgan fingerprint density at radius 3 is 2.64 bits per heavy atom. The van der Waals surface area contributed by atoms with Crippen molar-refractivity contribution in [3.8, 4) is 11.4 Å². The maximum Gasteiger partial charge on any atom is 0.304 e. The molecular formula is C18H24N4O5S. The van der Waals surface area contributed by atoms with Crippen LogP contribution in [0.2, 0.25) is 0 Å². The zero-order chi connectivity index (χ0) is 20.0. The van der Waals surface area contributed by atoms with Crippen molar-refractivity contribution in [3.05, 3.63) is 30.2 Å². The number of rotatable bonds is 9. The van der Waals surface area contributed by atoms with Crippen LogP contribution in [-0.4, -0.2) is 49.3 Å². The van der Waals surface area contributed by atoms with Gasteiger partial charge in [-0.25, -0.2) is 13.1 Å². The third-order valence-electron chi connectivity index (χ3n) is 4.75. The zero-order valence-electron chi connectivity index (χ0n) is 15.4. The van der Waals surface area contributed by atoms with E-state index in [1.165, 1.54) is 12.1 Å². The molecule has 2 aromatic rings. The van der Waals surface area contributed by atoms with Gasteiger partial charge in [0.15, 0.2) is 0 Å². The predicted octanol–water partition coefficient (Wildman–Crippen LogP) is 1.42. The van der Waals surface area contributed by atoms with E-state index in [0.29, 0.717) is 23.2 Å². The molecule has 1 saturated heterocycles. The quantitative estimate of drug-likeness (QED) is 0.567. The SMILES string of the molecule is O=C(O)CCNS(=O)(=O)c1ccc(-c2noc(CCC3CCNCC3)n2)cc1. The summed E-state index contributed by atoms with van der Waals surface area (Å²) in [6.45, 7) is 1.95. The highest BCUT2D eigenvalue weighted by Crippen LogP contribution is 2.21. The first-order valence-corrected chi connectivity index (χ1v) is 10.8. The van der Waals surface area contributed by atoms with Crippen molar-refractivity contribution >= 4 is 16.0 Å². The lowest BCUT2D eigenvalue weighted by molar-refractivity contribution is -0.136. The predicted molar refractivity (Wildman–Crippen MR) is 101 cm³/mol. The number of hydrogen-bond acceptors (Lipinski definition) is 7. The number of benzene rings is 1. The second-order valence-electron chi connectivity index (χ2n) is 6.81. The Bertz CT molecular complexity index is 889. The van der Waals surface area contributed by atoms with Gasteiger partial charge in [0.25, 0.3) is 0 Å². The number of nitrogens with zero attached hydrogens (tertiary/aromatic N) is 2. The standard InChI is InChI=1S/C18H24N4O5S/c23-17(24)9-12-20-28(25,26)15-4-2-14(3-5-15)18-21-16(27-22-18)6-1-13-7-10-19-11-8-13/h2-5,13,19-20H,1,6-12H2,(H,23,24). The first kappa shape index (κ1) is 20.4. The van der Waals surface area contributed by atoms with E-state index >= 15 is 0 Å². The summed E-state index contributed by atoms with van der Waals surface area (Å²) in [5.74, 6) is 0.615. The average Bonchev–Trinajstić information content (AvgIpc) is 3.16. The Balaban J connectivity index is 1.58. The van der Waals surface area contributed by atoms with E-state index in [1.807, 2.05) is 0 Å². The highest BCUT2D eigenvalue weighted by atomic mass is 32.2. The molecule has 2 heterocycles. The van der Waals surface area contributed by atoms with Crippen molar-refractivity contribution in [2.75, 3.05) is 19.6 Å². The Morgan fingerprint density at radius 1 is 1.25 bits per heavy atom. The molecule has 1 aliphatic heterocycles. The lowest BCUT2D eigenvalue weighted by atomic mass is 9.93. The fourth-order valence-corrected chi connectivity index (χ4v) is 4.16. The lowest BCUT2D eigenvalue weighted by Crippen LogP contribution is -2.27. The minimum Gasteiger partial charge on any atom is -0.481 e. The van der Waals surface area contributed by atoms with Crippen LogP contribution in [0.3, 0.4) is 0 Å². The van der Waals surface area contributed by atoms with Crippen LogP contribution in [0.1, 0.15) is 31.6 Å². The molecule has 1 aromatic carbocycles. The molecule has 0 radical (unpaired) electrons. The van der Waals surface area contributed by atoms with Gasteiger partial charge in [-0.1, -0.05) is 5.16 Å². The molecule has 3 N–H and O–H groups in total. The number of sulfonamides is 1. The number of hydrogen-bond donors (Lipinski definition) is 3. The first-order valence-electron chi connectivity index (χ1n) is 9.29. The van der Waals surface area contributed by atoms with Gasteiger partial charge < -0.3 is 14.9 Å². The smallest absolute Gasteiger partial charge is 0.304 e. The third kappa shape index (κ3) is 5.60. The van der Waals surface area contributed by atoms with Crippen LogP contribution in [-0.2, 0) is 21.2 Å². The van der Waals surface area contributed by atoms with Crippen LogP contribution in [0, 0.1) is 5.92 Å². The van der Waals surface area contributed by atoms with E-state index < -0.39 is 16.0 Å². The summed E-state index contributed by atoms with van der Waals surface area (Å²) in [6, 6.07) is 6.08. The summed E-state index contributed by atoms with van der Waals surface area (Å²) in [5, 5.41) is 15.9. The van der Waals surface area contributed by atoms with Crippen molar-refractivity contribution in [1.82, 2.24) is 20.2 Å². The molecule has 0 bridgehead atoms. The molecule has 1 fully saturated rings. The molecule has 9 nitrogen and oxygen atoms in total. The molecule has 1 aliphatic rings. The van der Waals surface area contributed by atoms with E-state index in [4.69, 9.17) is 9.63 Å². The fraction of sp³-hybridized carbons (Fsp3) is 0.500. The molecule has 3 rings (SSSR count). The molecule has 0 spiro atoms. The molecule has 0 unspecified atom stereocenters. The second-order valence-corrected chi connectivity index (χ2v) is 8.58. The molecule has 28 heavy (non-hydrogen) atoms. The topological polar surface area (TPSA) is 134 Å². The molecule has 0 aliphatic carbocycles. The number of piperidine rings is 1. The van der Waals surface area contributed by atoms with Gasteiger partial charge in [0, 0.05) is 18.5 Å². The van der Waals surface area contributed by atoms with Crippen LogP contribution in [0.5, 0.6) is 0 Å². The molecular weight excluding hydrogens is 384 g/mol. The summed E-state index contributed by atoms with van der Waals surface area (Å²) in [4.78, 5) is 15.0. The Kier molecular flexibility index (Phi) is 6.76. The number of nitrogens with one attached hydrogen (secondary N) is 2. The minimum atomic E-state index is -3.75. The fourth-order valence-electron chi connectivity index (χ4n) is 3.13. The van der Waals surface area contributed by atoms with Crippen molar-refractivity contribution in [3.63, 3.8) is 0 Å². The lowest BCUT2D eigenvalue weighted by Gasteiger charge is -2.21. The largest absolute Gasteiger partial charge is 0.481 e. The molecule has 0 saturated carbocycles. The Hall–Kier alpha value is -2.30. The van der Waals surface area contributed by atoms with E-state index in [9.17, 15) is 13.2 Å². The number of carboxylic acids is 1. The number of carboxylic acid groups (broad SMARTS) is 1. The van der Waals surface area contributed by atoms with Crippen LogP contribution in [0.15, 0.2) is 33.7 Å². The van der Waals surface area contributed by atoms with Crippen LogP contribution >= 0.6 is 0 Å². The van der Waals surface area contributed by atoms with Crippen LogP contribution in [0.25, 0.3) is 11.4 Å². The molecule has 0 amide bonds. The van der Waals surface area contributed by atoms with Gasteiger partial charge in [0.05, 0.1) is 11.3 Å². The molecule has 0 atom stereocenters. The monoisotopic (exact) mass is 408 g/mol. The summed E-state index contributed by atoms with van der Waals surface area (Å²) in [7, 11) is -3.75. The van der Waals surface area contributed by atoms with Crippen molar-refractivity contribution in [1.29, 1.82) is 0 Å². The maximum absolute atomic E-state index is 12.1. The third-order valence-corrected chi connectivity index (χ3v) is 6.22. The molecule has 10 heteroatoms. The van der Waals surface area contributed by atoms with Crippen LogP contribution in [0.4, 0.5) is 0 Å². The second kappa shape index (κ2) is 9.26. The molecule has 1 aromatic heterocycles. The van der Waals surface area contributed by atoms with Gasteiger partial charge in [0.2, 0.25) is 21.7 Å². The highest BCUT2D eigenvalue weighted by molar-refractivity contribution is 7.89. The summed E-state index contributed by atoms with van der Waals surface area (Å²) < 4.78 is 31.9. The minimum absolute atomic E-state index is 0.0521. The van der Waals surface area contributed by atoms with E-state index in [2.05, 4.69) is 20.2 Å². The van der Waals surface area contributed by atoms with Crippen molar-refractivity contribution in [2.24, 2.45) is 5.92 Å². The summed E-state index contributed by atoms with van der Waals surface area (Å²) in [6.07, 6.45) is 3.80. The average molecular weight is 408 g/mol. The van der Waals surface area contributed by atoms with Gasteiger partial charge >= 0.3 is 5.97 Å². The van der Waals surface area contributed by atoms with Gasteiger partial charge in [-0.3, -0.25) is 4.79 Å². The highest BCUT2D eigenvalue weighted by Gasteiger charge is 2.17. The number of aromatic nitrogens is 2. The molecule has 152 valence electrons. The first-order chi connectivity index (χ1) is 13.4. The summed E-state index contributed by atoms with van der Waals surface area (Å²) >= 11 is 0. The zero-order valence-corrected chi connectivity index (χ0v) is 16.2. The van der Waals surface area contributed by atoms with E-state index in [-0.39, 0.29) is 17.9 Å². The van der Waals surface area contributed by atoms with Crippen LogP contribution < -0.4 is 10.0 Å². The number of carbonyl (C=O) groups is 1. The van der Waals surface area contributed by atoms with Gasteiger partial charge in [-0.2, -0.15) is 4.98 Å². The van der Waals surface area contributed by atoms with E-state index in [0.717, 1.165) is 38.8 Å². The van der Waals surface area contributed by atoms with Gasteiger partial charge in [-0.05, 0) is 62.5 Å². The normalized spacial score (nSPS) is 15.6. The van der Waals surface area contributed by atoms with Crippen molar-refractivity contribution in [2.45, 2.75) is 37.0 Å². The van der Waals surface area contributed by atoms with Gasteiger partial charge in [0.1, 0.15) is 0 Å². The summed E-state index contributed by atoms with van der Waals surface area (Å²) in [5.41, 5.74) is 0.654. The number of aryl methyl sites for hydroxylation is 1.